The predicted molar refractivity (Wildman–Crippen MR) is 61.4 cm³/mol. The third kappa shape index (κ3) is 2.22. The van der Waals surface area contributed by atoms with Crippen LogP contribution in [0.3, 0.4) is 0 Å². The predicted octanol–water partition coefficient (Wildman–Crippen LogP) is 1.64. The van der Waals surface area contributed by atoms with Crippen LogP contribution in [0, 0.1) is 0 Å². The minimum Gasteiger partial charge on any atom is -0.497 e. The Balaban J connectivity index is 2.30. The van der Waals surface area contributed by atoms with Gasteiger partial charge in [-0.05, 0) is 17.7 Å². The number of methoxy groups -OCH3 is 1. The summed E-state index contributed by atoms with van der Waals surface area (Å²) >= 11 is 0. The fraction of sp³-hybridized carbons (Fsp3) is 0.333. The van der Waals surface area contributed by atoms with E-state index in [0.717, 1.165) is 5.56 Å². The van der Waals surface area contributed by atoms with Gasteiger partial charge in [-0.3, -0.25) is 0 Å². The Bertz CT molecular complexity index is 469. The molecule has 0 saturated heterocycles. The van der Waals surface area contributed by atoms with E-state index in [1.54, 1.807) is 38.3 Å². The van der Waals surface area contributed by atoms with Gasteiger partial charge in [-0.15, -0.1) is 0 Å². The lowest BCUT2D eigenvalue weighted by Gasteiger charge is -2.15. The van der Waals surface area contributed by atoms with Gasteiger partial charge in [0.15, 0.2) is 18.0 Å². The Morgan fingerprint density at radius 3 is 2.94 bits per heavy atom. The molecule has 1 heterocycles. The molecule has 5 heteroatoms. The van der Waals surface area contributed by atoms with Crippen molar-refractivity contribution in [2.45, 2.75) is 19.1 Å². The van der Waals surface area contributed by atoms with Crippen molar-refractivity contribution in [1.82, 2.24) is 0 Å². The van der Waals surface area contributed by atoms with Crippen LogP contribution in [0.1, 0.15) is 18.6 Å². The molecular formula is C12H13NO4. The standard InChI is InChI=1S/C12H13NO4/c1-7-13-10(12(14)15)11(17-7)8-4-3-5-9(6-8)16-2/h3-6,10-11H,1-2H3,(H,14,15). The molecule has 1 aromatic carbocycles. The largest absolute Gasteiger partial charge is 0.497 e. The number of aliphatic carboxylic acids is 1. The molecule has 2 rings (SSSR count). The molecule has 0 aliphatic carbocycles. The van der Waals surface area contributed by atoms with Crippen LogP contribution in [-0.4, -0.2) is 30.1 Å². The summed E-state index contributed by atoms with van der Waals surface area (Å²) < 4.78 is 10.5. The monoisotopic (exact) mass is 235 g/mol. The zero-order valence-electron chi connectivity index (χ0n) is 9.58. The zero-order chi connectivity index (χ0) is 12.4. The van der Waals surface area contributed by atoms with Crippen LogP contribution in [0.15, 0.2) is 29.3 Å². The first kappa shape index (κ1) is 11.4. The molecule has 1 aromatic rings. The maximum Gasteiger partial charge on any atom is 0.332 e. The second-order valence-electron chi connectivity index (χ2n) is 3.75. The molecule has 1 N–H and O–H groups in total. The van der Waals surface area contributed by atoms with Gasteiger partial charge in [-0.2, -0.15) is 0 Å². The average molecular weight is 235 g/mol. The van der Waals surface area contributed by atoms with Gasteiger partial charge in [0.05, 0.1) is 7.11 Å². The van der Waals surface area contributed by atoms with Crippen LogP contribution >= 0.6 is 0 Å². The third-order valence-corrected chi connectivity index (χ3v) is 2.58. The Labute approximate surface area is 98.7 Å². The van der Waals surface area contributed by atoms with E-state index in [-0.39, 0.29) is 0 Å². The van der Waals surface area contributed by atoms with E-state index in [1.165, 1.54) is 0 Å². The minimum atomic E-state index is -0.991. The highest BCUT2D eigenvalue weighted by molar-refractivity contribution is 5.84. The van der Waals surface area contributed by atoms with Gasteiger partial charge < -0.3 is 14.6 Å². The lowest BCUT2D eigenvalue weighted by molar-refractivity contribution is -0.140. The van der Waals surface area contributed by atoms with Crippen molar-refractivity contribution in [3.8, 4) is 5.75 Å². The van der Waals surface area contributed by atoms with Gasteiger partial charge in [-0.1, -0.05) is 12.1 Å². The van der Waals surface area contributed by atoms with Gasteiger partial charge in [0, 0.05) is 6.92 Å². The molecule has 0 saturated carbocycles. The van der Waals surface area contributed by atoms with Gasteiger partial charge >= 0.3 is 5.97 Å². The Morgan fingerprint density at radius 2 is 2.29 bits per heavy atom. The Kier molecular flexibility index (Phi) is 2.99. The van der Waals surface area contributed by atoms with E-state index in [2.05, 4.69) is 4.99 Å². The van der Waals surface area contributed by atoms with E-state index in [4.69, 9.17) is 14.6 Å². The quantitative estimate of drug-likeness (QED) is 0.864. The zero-order valence-corrected chi connectivity index (χ0v) is 9.58. The van der Waals surface area contributed by atoms with Crippen molar-refractivity contribution < 1.29 is 19.4 Å². The lowest BCUT2D eigenvalue weighted by Crippen LogP contribution is -2.23. The normalized spacial score (nSPS) is 22.8. The molecule has 0 radical (unpaired) electrons. The number of ether oxygens (including phenoxy) is 2. The van der Waals surface area contributed by atoms with Crippen LogP contribution in [0.2, 0.25) is 0 Å². The number of carbonyl (C=O) groups is 1. The summed E-state index contributed by atoms with van der Waals surface area (Å²) in [6.07, 6.45) is -0.581. The Hall–Kier alpha value is -2.04. The summed E-state index contributed by atoms with van der Waals surface area (Å²) in [6, 6.07) is 6.26. The summed E-state index contributed by atoms with van der Waals surface area (Å²) in [5.74, 6) is 0.0691. The first-order valence-electron chi connectivity index (χ1n) is 5.19. The molecule has 0 aromatic heterocycles. The van der Waals surface area contributed by atoms with Crippen LogP contribution in [-0.2, 0) is 9.53 Å². The molecule has 17 heavy (non-hydrogen) atoms. The molecule has 0 amide bonds. The second-order valence-corrected chi connectivity index (χ2v) is 3.75. The lowest BCUT2D eigenvalue weighted by atomic mass is 10.0. The van der Waals surface area contributed by atoms with E-state index in [1.807, 2.05) is 0 Å². The molecule has 0 spiro atoms. The van der Waals surface area contributed by atoms with Crippen molar-refractivity contribution in [1.29, 1.82) is 0 Å². The van der Waals surface area contributed by atoms with Crippen molar-refractivity contribution >= 4 is 11.9 Å². The molecule has 0 fully saturated rings. The maximum absolute atomic E-state index is 11.1. The van der Waals surface area contributed by atoms with Gasteiger partial charge in [0.1, 0.15) is 5.75 Å². The number of nitrogens with zero attached hydrogens (tertiary/aromatic N) is 1. The van der Waals surface area contributed by atoms with Crippen LogP contribution in [0.4, 0.5) is 0 Å². The third-order valence-electron chi connectivity index (χ3n) is 2.58. The van der Waals surface area contributed by atoms with E-state index in [9.17, 15) is 4.79 Å². The van der Waals surface area contributed by atoms with Crippen LogP contribution in [0.5, 0.6) is 5.75 Å². The number of carboxylic acid groups (broad SMARTS) is 1. The molecule has 2 unspecified atom stereocenters. The molecule has 1 aliphatic rings. The number of rotatable bonds is 3. The van der Waals surface area contributed by atoms with E-state index in [0.29, 0.717) is 11.6 Å². The average Bonchev–Trinajstić information content (AvgIpc) is 2.72. The van der Waals surface area contributed by atoms with Crippen LogP contribution < -0.4 is 4.74 Å². The maximum atomic E-state index is 11.1. The smallest absolute Gasteiger partial charge is 0.332 e. The van der Waals surface area contributed by atoms with Gasteiger partial charge in [-0.25, -0.2) is 9.79 Å². The molecule has 2 atom stereocenters. The van der Waals surface area contributed by atoms with Gasteiger partial charge in [0.2, 0.25) is 0 Å². The van der Waals surface area contributed by atoms with E-state index >= 15 is 0 Å². The SMILES string of the molecule is COc1cccc(C2OC(C)=NC2C(=O)O)c1. The topological polar surface area (TPSA) is 68.1 Å². The first-order valence-corrected chi connectivity index (χ1v) is 5.19. The fourth-order valence-electron chi connectivity index (χ4n) is 1.80. The highest BCUT2D eigenvalue weighted by Crippen LogP contribution is 2.31. The highest BCUT2D eigenvalue weighted by Gasteiger charge is 2.36. The molecule has 90 valence electrons. The van der Waals surface area contributed by atoms with E-state index < -0.39 is 18.1 Å². The van der Waals surface area contributed by atoms with Crippen LogP contribution in [0.25, 0.3) is 0 Å². The Morgan fingerprint density at radius 1 is 1.53 bits per heavy atom. The molecule has 5 nitrogen and oxygen atoms in total. The van der Waals surface area contributed by atoms with Crippen molar-refractivity contribution in [2.24, 2.45) is 4.99 Å². The highest BCUT2D eigenvalue weighted by atomic mass is 16.5. The summed E-state index contributed by atoms with van der Waals surface area (Å²) in [5, 5.41) is 9.07. The fourth-order valence-corrected chi connectivity index (χ4v) is 1.80. The number of carboxylic acids is 1. The number of benzene rings is 1. The minimum absolute atomic E-state index is 0.394. The van der Waals surface area contributed by atoms with Gasteiger partial charge in [0.25, 0.3) is 0 Å². The van der Waals surface area contributed by atoms with Crippen molar-refractivity contribution in [2.75, 3.05) is 7.11 Å². The number of hydrogen-bond acceptors (Lipinski definition) is 4. The summed E-state index contributed by atoms with van der Waals surface area (Å²) in [4.78, 5) is 15.0. The summed E-state index contributed by atoms with van der Waals surface area (Å²) in [6.45, 7) is 1.65. The first-order chi connectivity index (χ1) is 8.11. The molecule has 0 bridgehead atoms. The molecular weight excluding hydrogens is 222 g/mol. The second kappa shape index (κ2) is 4.45. The number of aliphatic imine (C=N–C) groups is 1. The molecule has 1 aliphatic heterocycles. The summed E-state index contributed by atoms with van der Waals surface area (Å²) in [7, 11) is 1.56. The summed E-state index contributed by atoms with van der Waals surface area (Å²) in [5.41, 5.74) is 0.748. The van der Waals surface area contributed by atoms with Crippen molar-refractivity contribution in [3.63, 3.8) is 0 Å². The van der Waals surface area contributed by atoms with Crippen molar-refractivity contribution in [3.05, 3.63) is 29.8 Å². The number of hydrogen-bond donors (Lipinski definition) is 1.